The van der Waals surface area contributed by atoms with Crippen molar-refractivity contribution in [2.75, 3.05) is 0 Å². The Labute approximate surface area is 97.0 Å². The molecule has 2 heteroatoms. The zero-order chi connectivity index (χ0) is 11.1. The normalized spacial score (nSPS) is 14.4. The second-order valence-corrected chi connectivity index (χ2v) is 7.12. The van der Waals surface area contributed by atoms with E-state index in [1.165, 1.54) is 11.1 Å². The number of allylic oxidation sites excluding steroid dienone is 2. The zero-order valence-corrected chi connectivity index (χ0v) is 11.8. The molecule has 14 heavy (non-hydrogen) atoms. The molecule has 0 aromatic carbocycles. The van der Waals surface area contributed by atoms with E-state index in [4.69, 9.17) is 0 Å². The van der Waals surface area contributed by atoms with Gasteiger partial charge in [0.15, 0.2) is 0 Å². The maximum atomic E-state index is 2.31. The van der Waals surface area contributed by atoms with Crippen LogP contribution in [-0.2, 0) is 0 Å². The van der Waals surface area contributed by atoms with Crippen molar-refractivity contribution in [3.8, 4) is 0 Å². The summed E-state index contributed by atoms with van der Waals surface area (Å²) in [6.45, 7) is 13.1. The van der Waals surface area contributed by atoms with Crippen LogP contribution >= 0.6 is 21.6 Å². The van der Waals surface area contributed by atoms with Crippen LogP contribution in [0.25, 0.3) is 0 Å². The molecule has 0 spiro atoms. The van der Waals surface area contributed by atoms with Crippen molar-refractivity contribution in [1.29, 1.82) is 0 Å². The predicted octanol–water partition coefficient (Wildman–Crippen LogP) is 5.08. The monoisotopic (exact) mass is 230 g/mol. The molecular weight excluding hydrogens is 208 g/mol. The van der Waals surface area contributed by atoms with E-state index < -0.39 is 0 Å². The molecule has 2 atom stereocenters. The van der Waals surface area contributed by atoms with Gasteiger partial charge >= 0.3 is 0 Å². The van der Waals surface area contributed by atoms with Crippen LogP contribution in [0.2, 0.25) is 0 Å². The summed E-state index contributed by atoms with van der Waals surface area (Å²) in [5.41, 5.74) is 2.81. The van der Waals surface area contributed by atoms with Crippen molar-refractivity contribution in [1.82, 2.24) is 0 Å². The molecule has 0 heterocycles. The smallest absolute Gasteiger partial charge is 0.0305 e. The minimum Gasteiger partial charge on any atom is -0.0862 e. The van der Waals surface area contributed by atoms with E-state index in [1.54, 1.807) is 0 Å². The van der Waals surface area contributed by atoms with Crippen molar-refractivity contribution < 1.29 is 0 Å². The molecule has 0 bridgehead atoms. The SMILES string of the molecule is CC(C)=CC(C)SSC(C)C=C(C)C. The Morgan fingerprint density at radius 2 is 1.07 bits per heavy atom. The molecule has 0 nitrogen and oxygen atoms in total. The van der Waals surface area contributed by atoms with E-state index in [0.29, 0.717) is 10.5 Å². The molecule has 0 aliphatic carbocycles. The first kappa shape index (κ1) is 14.2. The van der Waals surface area contributed by atoms with Gasteiger partial charge in [0.05, 0.1) is 0 Å². The van der Waals surface area contributed by atoms with Crippen molar-refractivity contribution in [3.63, 3.8) is 0 Å². The molecule has 0 aliphatic rings. The first-order chi connectivity index (χ1) is 6.41. The number of hydrogen-bond acceptors (Lipinski definition) is 2. The van der Waals surface area contributed by atoms with Crippen molar-refractivity contribution in [2.24, 2.45) is 0 Å². The average molecular weight is 230 g/mol. The minimum absolute atomic E-state index is 0.609. The Morgan fingerprint density at radius 1 is 0.786 bits per heavy atom. The van der Waals surface area contributed by atoms with E-state index in [9.17, 15) is 0 Å². The molecule has 0 N–H and O–H groups in total. The topological polar surface area (TPSA) is 0 Å². The van der Waals surface area contributed by atoms with Gasteiger partial charge in [-0.1, -0.05) is 44.9 Å². The molecule has 0 rings (SSSR count). The Bertz CT molecular complexity index is 184. The summed E-state index contributed by atoms with van der Waals surface area (Å²) >= 11 is 0. The van der Waals surface area contributed by atoms with E-state index in [2.05, 4.69) is 53.7 Å². The molecule has 0 amide bonds. The number of rotatable bonds is 5. The minimum atomic E-state index is 0.609. The molecule has 0 aromatic heterocycles. The Balaban J connectivity index is 3.83. The lowest BCUT2D eigenvalue weighted by molar-refractivity contribution is 1.19. The predicted molar refractivity (Wildman–Crippen MR) is 73.0 cm³/mol. The molecule has 0 aliphatic heterocycles. The van der Waals surface area contributed by atoms with Gasteiger partial charge in [0, 0.05) is 10.5 Å². The summed E-state index contributed by atoms with van der Waals surface area (Å²) in [6, 6.07) is 0. The fourth-order valence-electron chi connectivity index (χ4n) is 1.17. The van der Waals surface area contributed by atoms with Gasteiger partial charge in [-0.2, -0.15) is 0 Å². The third kappa shape index (κ3) is 8.76. The first-order valence-electron chi connectivity index (χ1n) is 5.04. The van der Waals surface area contributed by atoms with Crippen molar-refractivity contribution >= 4 is 21.6 Å². The van der Waals surface area contributed by atoms with Crippen LogP contribution in [-0.4, -0.2) is 10.5 Å². The highest BCUT2D eigenvalue weighted by Gasteiger charge is 2.03. The van der Waals surface area contributed by atoms with Gasteiger partial charge in [0.25, 0.3) is 0 Å². The molecule has 0 saturated heterocycles. The van der Waals surface area contributed by atoms with E-state index in [1.807, 2.05) is 21.6 Å². The Kier molecular flexibility index (Phi) is 7.56. The van der Waals surface area contributed by atoms with Gasteiger partial charge in [-0.05, 0) is 41.5 Å². The summed E-state index contributed by atoms with van der Waals surface area (Å²) in [5, 5.41) is 1.22. The van der Waals surface area contributed by atoms with E-state index >= 15 is 0 Å². The van der Waals surface area contributed by atoms with Crippen molar-refractivity contribution in [3.05, 3.63) is 23.3 Å². The lowest BCUT2D eigenvalue weighted by Crippen LogP contribution is -1.93. The second-order valence-electron chi connectivity index (χ2n) is 4.09. The van der Waals surface area contributed by atoms with E-state index in [0.717, 1.165) is 0 Å². The van der Waals surface area contributed by atoms with Crippen LogP contribution in [0.15, 0.2) is 23.3 Å². The summed E-state index contributed by atoms with van der Waals surface area (Å²) in [7, 11) is 3.90. The van der Waals surface area contributed by atoms with Gasteiger partial charge in [0.1, 0.15) is 0 Å². The second kappa shape index (κ2) is 7.47. The van der Waals surface area contributed by atoms with E-state index in [-0.39, 0.29) is 0 Å². The van der Waals surface area contributed by atoms with Crippen LogP contribution in [0, 0.1) is 0 Å². The van der Waals surface area contributed by atoms with Crippen LogP contribution in [0.4, 0.5) is 0 Å². The van der Waals surface area contributed by atoms with Gasteiger partial charge < -0.3 is 0 Å². The summed E-state index contributed by atoms with van der Waals surface area (Å²) in [5.74, 6) is 0. The third-order valence-corrected chi connectivity index (χ3v) is 4.64. The molecule has 0 radical (unpaired) electrons. The fraction of sp³-hybridized carbons (Fsp3) is 0.667. The first-order valence-corrected chi connectivity index (χ1v) is 7.31. The largest absolute Gasteiger partial charge is 0.0862 e. The van der Waals surface area contributed by atoms with Crippen LogP contribution in [0.1, 0.15) is 41.5 Å². The Hall–Kier alpha value is 0.180. The third-order valence-electron chi connectivity index (χ3n) is 1.50. The molecule has 82 valence electrons. The van der Waals surface area contributed by atoms with Crippen LogP contribution < -0.4 is 0 Å². The Morgan fingerprint density at radius 3 is 1.29 bits per heavy atom. The molecule has 0 aromatic rings. The van der Waals surface area contributed by atoms with Gasteiger partial charge in [0.2, 0.25) is 0 Å². The van der Waals surface area contributed by atoms with Crippen LogP contribution in [0.3, 0.4) is 0 Å². The lowest BCUT2D eigenvalue weighted by atomic mass is 10.3. The molecule has 0 saturated carbocycles. The summed E-state index contributed by atoms with van der Waals surface area (Å²) in [6.07, 6.45) is 4.62. The van der Waals surface area contributed by atoms with Gasteiger partial charge in [-0.15, -0.1) is 0 Å². The quantitative estimate of drug-likeness (QED) is 0.477. The average Bonchev–Trinajstić information content (AvgIpc) is 1.98. The fourth-order valence-corrected chi connectivity index (χ4v) is 3.56. The lowest BCUT2D eigenvalue weighted by Gasteiger charge is -2.09. The van der Waals surface area contributed by atoms with Crippen molar-refractivity contribution in [2.45, 2.75) is 52.0 Å². The van der Waals surface area contributed by atoms with Crippen LogP contribution in [0.5, 0.6) is 0 Å². The molecule has 0 fully saturated rings. The maximum Gasteiger partial charge on any atom is 0.0305 e. The summed E-state index contributed by atoms with van der Waals surface area (Å²) in [4.78, 5) is 0. The standard InChI is InChI=1S/C12H22S2/c1-9(2)7-11(5)13-14-12(6)8-10(3)4/h7-8,11-12H,1-6H3. The van der Waals surface area contributed by atoms with Gasteiger partial charge in [-0.25, -0.2) is 0 Å². The molecule has 2 unspecified atom stereocenters. The highest BCUT2D eigenvalue weighted by atomic mass is 33.1. The maximum absolute atomic E-state index is 2.31. The highest BCUT2D eigenvalue weighted by Crippen LogP contribution is 2.32. The van der Waals surface area contributed by atoms with Gasteiger partial charge in [-0.3, -0.25) is 0 Å². The molecular formula is C12H22S2. The summed E-state index contributed by atoms with van der Waals surface area (Å²) < 4.78 is 0. The highest BCUT2D eigenvalue weighted by molar-refractivity contribution is 8.77. The number of hydrogen-bond donors (Lipinski definition) is 0. The zero-order valence-electron chi connectivity index (χ0n) is 10.1.